The van der Waals surface area contributed by atoms with Gasteiger partial charge in [-0.1, -0.05) is 0 Å². The minimum atomic E-state index is 0.578. The highest BCUT2D eigenvalue weighted by Crippen LogP contribution is 2.29. The molecule has 0 amide bonds. The average molecular weight is 251 g/mol. The summed E-state index contributed by atoms with van der Waals surface area (Å²) in [6.07, 6.45) is 5.94. The van der Waals surface area contributed by atoms with Crippen LogP contribution in [0.15, 0.2) is 29.0 Å². The summed E-state index contributed by atoms with van der Waals surface area (Å²) in [5.41, 5.74) is 0.906. The van der Waals surface area contributed by atoms with Gasteiger partial charge >= 0.3 is 0 Å². The number of hydrogen-bond acceptors (Lipinski definition) is 3. The van der Waals surface area contributed by atoms with Gasteiger partial charge in [-0.3, -0.25) is 0 Å². The molecule has 90 valence electrons. The number of fused-ring (bicyclic) bond motifs is 1. The third-order valence-corrected chi connectivity index (χ3v) is 3.83. The minimum absolute atomic E-state index is 0.578. The molecule has 0 saturated carbocycles. The third-order valence-electron chi connectivity index (χ3n) is 3.40. The Morgan fingerprint density at radius 1 is 1.47 bits per heavy atom. The zero-order chi connectivity index (χ0) is 11.7. The van der Waals surface area contributed by atoms with E-state index in [2.05, 4.69) is 9.88 Å². The summed E-state index contributed by atoms with van der Waals surface area (Å²) in [6, 6.07) is 3.89. The van der Waals surface area contributed by atoms with E-state index in [4.69, 9.17) is 16.0 Å². The number of anilines is 1. The van der Waals surface area contributed by atoms with E-state index in [1.54, 1.807) is 6.26 Å². The van der Waals surface area contributed by atoms with E-state index in [0.717, 1.165) is 35.8 Å². The maximum atomic E-state index is 5.96. The largest absolute Gasteiger partial charge is 0.464 e. The Labute approximate surface area is 105 Å². The fraction of sp³-hybridized carbons (Fsp3) is 0.462. The molecule has 0 aromatic carbocycles. The van der Waals surface area contributed by atoms with Gasteiger partial charge in [-0.05, 0) is 30.9 Å². The van der Waals surface area contributed by atoms with Crippen molar-refractivity contribution in [3.05, 3.63) is 24.6 Å². The molecule has 1 fully saturated rings. The maximum Gasteiger partial charge on any atom is 0.139 e. The SMILES string of the molecule is ClCC1CCCN(c2nccc3occc23)C1. The van der Waals surface area contributed by atoms with Crippen LogP contribution in [-0.2, 0) is 0 Å². The monoisotopic (exact) mass is 250 g/mol. The molecule has 0 bridgehead atoms. The lowest BCUT2D eigenvalue weighted by Gasteiger charge is -2.32. The Bertz CT molecular complexity index is 511. The Hall–Kier alpha value is -1.22. The van der Waals surface area contributed by atoms with Crippen LogP contribution < -0.4 is 4.90 Å². The first-order valence-electron chi connectivity index (χ1n) is 6.01. The zero-order valence-corrected chi connectivity index (χ0v) is 10.4. The molecule has 0 aliphatic carbocycles. The molecule has 4 heteroatoms. The summed E-state index contributed by atoms with van der Waals surface area (Å²) in [7, 11) is 0. The van der Waals surface area contributed by atoms with Crippen molar-refractivity contribution in [2.45, 2.75) is 12.8 Å². The number of hydrogen-bond donors (Lipinski definition) is 0. The molecule has 1 aliphatic rings. The van der Waals surface area contributed by atoms with Gasteiger partial charge < -0.3 is 9.32 Å². The lowest BCUT2D eigenvalue weighted by Crippen LogP contribution is -2.36. The topological polar surface area (TPSA) is 29.3 Å². The second kappa shape index (κ2) is 4.57. The summed E-state index contributed by atoms with van der Waals surface area (Å²) in [5.74, 6) is 2.35. The van der Waals surface area contributed by atoms with Gasteiger partial charge in [-0.25, -0.2) is 4.98 Å². The predicted molar refractivity (Wildman–Crippen MR) is 69.7 cm³/mol. The number of alkyl halides is 1. The van der Waals surface area contributed by atoms with Crippen LogP contribution in [0.2, 0.25) is 0 Å². The van der Waals surface area contributed by atoms with Gasteiger partial charge in [0.1, 0.15) is 11.4 Å². The molecule has 2 aromatic heterocycles. The van der Waals surface area contributed by atoms with E-state index in [1.807, 2.05) is 18.3 Å². The van der Waals surface area contributed by atoms with Crippen LogP contribution in [0.5, 0.6) is 0 Å². The van der Waals surface area contributed by atoms with Crippen molar-refractivity contribution in [3.8, 4) is 0 Å². The Morgan fingerprint density at radius 3 is 3.29 bits per heavy atom. The van der Waals surface area contributed by atoms with Crippen LogP contribution in [0.1, 0.15) is 12.8 Å². The molecular formula is C13H15ClN2O. The van der Waals surface area contributed by atoms with Crippen molar-refractivity contribution in [1.29, 1.82) is 0 Å². The first-order chi connectivity index (χ1) is 8.38. The Balaban J connectivity index is 1.94. The first-order valence-corrected chi connectivity index (χ1v) is 6.55. The minimum Gasteiger partial charge on any atom is -0.464 e. The third kappa shape index (κ3) is 2.00. The molecule has 3 nitrogen and oxygen atoms in total. The number of rotatable bonds is 2. The van der Waals surface area contributed by atoms with E-state index in [0.29, 0.717) is 5.92 Å². The van der Waals surface area contributed by atoms with Gasteiger partial charge in [0.05, 0.1) is 11.6 Å². The second-order valence-corrected chi connectivity index (χ2v) is 4.88. The van der Waals surface area contributed by atoms with Crippen molar-refractivity contribution in [2.75, 3.05) is 23.9 Å². The number of nitrogens with zero attached hydrogens (tertiary/aromatic N) is 2. The highest BCUT2D eigenvalue weighted by Gasteiger charge is 2.21. The van der Waals surface area contributed by atoms with Crippen LogP contribution in [0.25, 0.3) is 11.0 Å². The first kappa shape index (κ1) is 10.9. The van der Waals surface area contributed by atoms with Gasteiger partial charge in [0.25, 0.3) is 0 Å². The molecule has 2 aromatic rings. The smallest absolute Gasteiger partial charge is 0.139 e. The number of halogens is 1. The quantitative estimate of drug-likeness (QED) is 0.766. The summed E-state index contributed by atoms with van der Waals surface area (Å²) < 4.78 is 5.41. The van der Waals surface area contributed by atoms with E-state index < -0.39 is 0 Å². The van der Waals surface area contributed by atoms with E-state index in [1.165, 1.54) is 12.8 Å². The lowest BCUT2D eigenvalue weighted by molar-refractivity contribution is 0.449. The predicted octanol–water partition coefficient (Wildman–Crippen LogP) is 3.28. The molecule has 1 atom stereocenters. The average Bonchev–Trinajstić information content (AvgIpc) is 2.87. The van der Waals surface area contributed by atoms with Crippen molar-refractivity contribution >= 4 is 28.4 Å². The van der Waals surface area contributed by atoms with E-state index in [9.17, 15) is 0 Å². The molecular weight excluding hydrogens is 236 g/mol. The lowest BCUT2D eigenvalue weighted by atomic mass is 10.00. The molecule has 3 heterocycles. The molecule has 1 saturated heterocycles. The summed E-state index contributed by atoms with van der Waals surface area (Å²) in [5, 5.41) is 1.10. The fourth-order valence-electron chi connectivity index (χ4n) is 2.52. The van der Waals surface area contributed by atoms with E-state index >= 15 is 0 Å². The molecule has 3 rings (SSSR count). The normalized spacial score (nSPS) is 21.0. The van der Waals surface area contributed by atoms with Gasteiger partial charge in [0.2, 0.25) is 0 Å². The van der Waals surface area contributed by atoms with Gasteiger partial charge in [0.15, 0.2) is 0 Å². The molecule has 0 radical (unpaired) electrons. The van der Waals surface area contributed by atoms with Gasteiger partial charge in [-0.2, -0.15) is 0 Å². The molecule has 1 aliphatic heterocycles. The van der Waals surface area contributed by atoms with Crippen molar-refractivity contribution in [3.63, 3.8) is 0 Å². The van der Waals surface area contributed by atoms with Gasteiger partial charge in [-0.15, -0.1) is 11.6 Å². The molecule has 0 spiro atoms. The molecule has 1 unspecified atom stereocenters. The number of aromatic nitrogens is 1. The van der Waals surface area contributed by atoms with Crippen LogP contribution in [0.4, 0.5) is 5.82 Å². The van der Waals surface area contributed by atoms with Gasteiger partial charge in [0, 0.05) is 25.2 Å². The van der Waals surface area contributed by atoms with Crippen LogP contribution in [0.3, 0.4) is 0 Å². The van der Waals surface area contributed by atoms with Crippen LogP contribution in [0, 0.1) is 5.92 Å². The standard InChI is InChI=1S/C13H15ClN2O/c14-8-10-2-1-6-16(9-10)13-11-4-7-17-12(11)3-5-15-13/h3-5,7,10H,1-2,6,8-9H2. The summed E-state index contributed by atoms with van der Waals surface area (Å²) in [4.78, 5) is 6.82. The Kier molecular flexibility index (Phi) is 2.93. The Morgan fingerprint density at radius 2 is 2.41 bits per heavy atom. The van der Waals surface area contributed by atoms with Crippen molar-refractivity contribution < 1.29 is 4.42 Å². The van der Waals surface area contributed by atoms with Crippen molar-refractivity contribution in [2.24, 2.45) is 5.92 Å². The number of furan rings is 1. The van der Waals surface area contributed by atoms with E-state index in [-0.39, 0.29) is 0 Å². The van der Waals surface area contributed by atoms with Crippen LogP contribution in [-0.4, -0.2) is 24.0 Å². The molecule has 17 heavy (non-hydrogen) atoms. The summed E-state index contributed by atoms with van der Waals surface area (Å²) >= 11 is 5.96. The fourth-order valence-corrected chi connectivity index (χ4v) is 2.77. The number of pyridine rings is 1. The highest BCUT2D eigenvalue weighted by atomic mass is 35.5. The zero-order valence-electron chi connectivity index (χ0n) is 9.60. The maximum absolute atomic E-state index is 5.96. The summed E-state index contributed by atoms with van der Waals surface area (Å²) in [6.45, 7) is 2.06. The van der Waals surface area contributed by atoms with Crippen molar-refractivity contribution in [1.82, 2.24) is 4.98 Å². The highest BCUT2D eigenvalue weighted by molar-refractivity contribution is 6.18. The second-order valence-electron chi connectivity index (χ2n) is 4.58. The van der Waals surface area contributed by atoms with Crippen LogP contribution >= 0.6 is 11.6 Å². The molecule has 0 N–H and O–H groups in total. The number of piperidine rings is 1.